The maximum Gasteiger partial charge on any atom is 0.416 e. The van der Waals surface area contributed by atoms with Crippen molar-refractivity contribution in [3.05, 3.63) is 40.8 Å². The van der Waals surface area contributed by atoms with E-state index in [4.69, 9.17) is 4.74 Å². The van der Waals surface area contributed by atoms with Crippen LogP contribution in [0.1, 0.15) is 15.9 Å². The van der Waals surface area contributed by atoms with Gasteiger partial charge in [0.25, 0.3) is 0 Å². The molecule has 1 aromatic carbocycles. The molecule has 0 fully saturated rings. The van der Waals surface area contributed by atoms with E-state index in [2.05, 4.69) is 10.1 Å². The molecular weight excluding hydrogens is 319 g/mol. The van der Waals surface area contributed by atoms with E-state index >= 15 is 0 Å². The zero-order chi connectivity index (χ0) is 16.3. The van der Waals surface area contributed by atoms with E-state index in [-0.39, 0.29) is 17.0 Å². The SMILES string of the molecule is COC(=O)c1ccsc1Nc1cc(OC)cc(C(F)(F)F)c1. The topological polar surface area (TPSA) is 47.6 Å². The second kappa shape index (κ2) is 6.27. The number of thiophene rings is 1. The van der Waals surface area contributed by atoms with Crippen LogP contribution in [0.4, 0.5) is 23.9 Å². The van der Waals surface area contributed by atoms with E-state index in [0.717, 1.165) is 12.1 Å². The van der Waals surface area contributed by atoms with Gasteiger partial charge in [-0.05, 0) is 23.6 Å². The van der Waals surface area contributed by atoms with Crippen LogP contribution in [0.25, 0.3) is 0 Å². The van der Waals surface area contributed by atoms with Crippen molar-refractivity contribution in [2.24, 2.45) is 0 Å². The van der Waals surface area contributed by atoms with Crippen LogP contribution in [0, 0.1) is 0 Å². The highest BCUT2D eigenvalue weighted by Crippen LogP contribution is 2.36. The number of hydrogen-bond donors (Lipinski definition) is 1. The van der Waals surface area contributed by atoms with Crippen molar-refractivity contribution >= 4 is 28.0 Å². The molecule has 1 heterocycles. The second-order valence-electron chi connectivity index (χ2n) is 4.23. The Bertz CT molecular complexity index is 682. The van der Waals surface area contributed by atoms with Gasteiger partial charge in [0.15, 0.2) is 0 Å². The Kier molecular flexibility index (Phi) is 4.60. The number of carbonyl (C=O) groups excluding carboxylic acids is 1. The molecule has 0 saturated carbocycles. The number of rotatable bonds is 4. The molecule has 0 aliphatic heterocycles. The number of hydrogen-bond acceptors (Lipinski definition) is 5. The summed E-state index contributed by atoms with van der Waals surface area (Å²) in [5.41, 5.74) is -0.423. The lowest BCUT2D eigenvalue weighted by molar-refractivity contribution is -0.137. The Hall–Kier alpha value is -2.22. The van der Waals surface area contributed by atoms with E-state index in [1.807, 2.05) is 0 Å². The first-order valence-electron chi connectivity index (χ1n) is 6.04. The Morgan fingerprint density at radius 2 is 1.95 bits per heavy atom. The molecule has 0 radical (unpaired) electrons. The standard InChI is InChI=1S/C14H12F3NO3S/c1-20-10-6-8(14(15,16)17)5-9(7-10)18-12-11(3-4-22-12)13(19)21-2/h3-7,18H,1-2H3. The first-order valence-corrected chi connectivity index (χ1v) is 6.92. The number of esters is 1. The first kappa shape index (κ1) is 16.2. The van der Waals surface area contributed by atoms with Gasteiger partial charge in [0.1, 0.15) is 10.8 Å². The minimum absolute atomic E-state index is 0.0634. The number of methoxy groups -OCH3 is 2. The maximum absolute atomic E-state index is 12.9. The Balaban J connectivity index is 2.38. The second-order valence-corrected chi connectivity index (χ2v) is 5.14. The quantitative estimate of drug-likeness (QED) is 0.848. The van der Waals surface area contributed by atoms with Crippen LogP contribution in [-0.4, -0.2) is 20.2 Å². The van der Waals surface area contributed by atoms with Crippen molar-refractivity contribution in [3.8, 4) is 5.75 Å². The molecule has 2 rings (SSSR count). The molecule has 118 valence electrons. The molecular formula is C14H12F3NO3S. The van der Waals surface area contributed by atoms with Crippen LogP contribution < -0.4 is 10.1 Å². The molecule has 1 aromatic heterocycles. The van der Waals surface area contributed by atoms with Crippen molar-refractivity contribution in [1.29, 1.82) is 0 Å². The van der Waals surface area contributed by atoms with Crippen LogP contribution in [0.15, 0.2) is 29.6 Å². The lowest BCUT2D eigenvalue weighted by Crippen LogP contribution is -2.07. The minimum atomic E-state index is -4.49. The number of alkyl halides is 3. The third-order valence-corrected chi connectivity index (χ3v) is 3.63. The summed E-state index contributed by atoms with van der Waals surface area (Å²) in [5.74, 6) is -0.504. The van der Waals surface area contributed by atoms with Gasteiger partial charge in [-0.2, -0.15) is 13.2 Å². The van der Waals surface area contributed by atoms with Gasteiger partial charge in [0, 0.05) is 11.8 Å². The summed E-state index contributed by atoms with van der Waals surface area (Å²) in [7, 11) is 2.52. The van der Waals surface area contributed by atoms with E-state index in [9.17, 15) is 18.0 Å². The molecule has 22 heavy (non-hydrogen) atoms. The number of carbonyl (C=O) groups is 1. The van der Waals surface area contributed by atoms with Crippen molar-refractivity contribution in [2.45, 2.75) is 6.18 Å². The fourth-order valence-corrected chi connectivity index (χ4v) is 2.56. The van der Waals surface area contributed by atoms with Gasteiger partial charge in [-0.1, -0.05) is 0 Å². The summed E-state index contributed by atoms with van der Waals surface area (Å²) >= 11 is 1.18. The summed E-state index contributed by atoms with van der Waals surface area (Å²) < 4.78 is 48.1. The van der Waals surface area contributed by atoms with E-state index in [0.29, 0.717) is 5.00 Å². The van der Waals surface area contributed by atoms with Crippen LogP contribution in [0.3, 0.4) is 0 Å². The Labute approximate surface area is 128 Å². The smallest absolute Gasteiger partial charge is 0.416 e. The molecule has 4 nitrogen and oxygen atoms in total. The van der Waals surface area contributed by atoms with Gasteiger partial charge in [0.05, 0.1) is 25.3 Å². The third-order valence-electron chi connectivity index (χ3n) is 2.80. The average molecular weight is 331 g/mol. The third kappa shape index (κ3) is 3.51. The zero-order valence-corrected chi connectivity index (χ0v) is 12.5. The Morgan fingerprint density at radius 1 is 1.23 bits per heavy atom. The molecule has 0 aliphatic rings. The average Bonchev–Trinajstić information content (AvgIpc) is 2.93. The molecule has 0 amide bonds. The maximum atomic E-state index is 12.9. The molecule has 0 saturated heterocycles. The summed E-state index contributed by atoms with van der Waals surface area (Å²) in [5, 5.41) is 4.83. The molecule has 0 spiro atoms. The molecule has 2 aromatic rings. The van der Waals surface area contributed by atoms with E-state index < -0.39 is 17.7 Å². The largest absolute Gasteiger partial charge is 0.497 e. The van der Waals surface area contributed by atoms with Crippen LogP contribution in [0.2, 0.25) is 0 Å². The van der Waals surface area contributed by atoms with Crippen LogP contribution in [0.5, 0.6) is 5.75 Å². The first-order chi connectivity index (χ1) is 10.3. The van der Waals surface area contributed by atoms with Gasteiger partial charge in [-0.25, -0.2) is 4.79 Å². The molecule has 0 unspecified atom stereocenters. The number of ether oxygens (including phenoxy) is 2. The van der Waals surface area contributed by atoms with Gasteiger partial charge in [0.2, 0.25) is 0 Å². The summed E-state index contributed by atoms with van der Waals surface area (Å²) in [6, 6.07) is 4.80. The number of anilines is 2. The van der Waals surface area contributed by atoms with Crippen molar-refractivity contribution in [1.82, 2.24) is 0 Å². The number of halogens is 3. The highest BCUT2D eigenvalue weighted by molar-refractivity contribution is 7.14. The lowest BCUT2D eigenvalue weighted by atomic mass is 10.1. The molecule has 1 N–H and O–H groups in total. The van der Waals surface area contributed by atoms with Crippen LogP contribution in [-0.2, 0) is 10.9 Å². The predicted octanol–water partition coefficient (Wildman–Crippen LogP) is 4.31. The summed E-state index contributed by atoms with van der Waals surface area (Å²) in [6.45, 7) is 0. The molecule has 0 bridgehead atoms. The minimum Gasteiger partial charge on any atom is -0.497 e. The molecule has 8 heteroatoms. The van der Waals surface area contributed by atoms with Crippen LogP contribution >= 0.6 is 11.3 Å². The van der Waals surface area contributed by atoms with Crippen molar-refractivity contribution in [2.75, 3.05) is 19.5 Å². The predicted molar refractivity (Wildman–Crippen MR) is 76.9 cm³/mol. The van der Waals surface area contributed by atoms with E-state index in [1.54, 1.807) is 5.38 Å². The molecule has 0 aliphatic carbocycles. The fourth-order valence-electron chi connectivity index (χ4n) is 1.76. The monoisotopic (exact) mass is 331 g/mol. The summed E-state index contributed by atoms with van der Waals surface area (Å²) in [6.07, 6.45) is -4.49. The normalized spacial score (nSPS) is 11.1. The van der Waals surface area contributed by atoms with E-state index in [1.165, 1.54) is 37.7 Å². The van der Waals surface area contributed by atoms with Gasteiger partial charge >= 0.3 is 12.1 Å². The van der Waals surface area contributed by atoms with Gasteiger partial charge in [-0.3, -0.25) is 0 Å². The van der Waals surface area contributed by atoms with Crippen molar-refractivity contribution in [3.63, 3.8) is 0 Å². The highest BCUT2D eigenvalue weighted by Gasteiger charge is 2.31. The van der Waals surface area contributed by atoms with Crippen molar-refractivity contribution < 1.29 is 27.4 Å². The number of benzene rings is 1. The summed E-state index contributed by atoms with van der Waals surface area (Å²) in [4.78, 5) is 11.6. The zero-order valence-electron chi connectivity index (χ0n) is 11.7. The van der Waals surface area contributed by atoms with Gasteiger partial charge < -0.3 is 14.8 Å². The van der Waals surface area contributed by atoms with Gasteiger partial charge in [-0.15, -0.1) is 11.3 Å². The highest BCUT2D eigenvalue weighted by atomic mass is 32.1. The molecule has 0 atom stereocenters. The number of nitrogens with one attached hydrogen (secondary N) is 1. The lowest BCUT2D eigenvalue weighted by Gasteiger charge is -2.13. The Morgan fingerprint density at radius 3 is 2.55 bits per heavy atom. The fraction of sp³-hybridized carbons (Fsp3) is 0.214.